The molecule has 1 rings (SSSR count). The van der Waals surface area contributed by atoms with Gasteiger partial charge in [-0.2, -0.15) is 0 Å². The van der Waals surface area contributed by atoms with Crippen LogP contribution in [-0.2, 0) is 0 Å². The maximum atomic E-state index is 12.1. The van der Waals surface area contributed by atoms with Crippen LogP contribution >= 0.6 is 0 Å². The predicted molar refractivity (Wildman–Crippen MR) is 35.2 cm³/mol. The number of hydrogen-bond acceptors (Lipinski definition) is 1. The van der Waals surface area contributed by atoms with Crippen LogP contribution in [0, 0.1) is 11.6 Å². The fourth-order valence-corrected chi connectivity index (χ4v) is 0.481. The first kappa shape index (κ1) is 9.88. The molecule has 0 unspecified atom stereocenters. The van der Waals surface area contributed by atoms with Crippen LogP contribution in [0.5, 0.6) is 5.75 Å². The summed E-state index contributed by atoms with van der Waals surface area (Å²) in [4.78, 5) is 0. The Hall–Kier alpha value is -0.120. The van der Waals surface area contributed by atoms with E-state index >= 15 is 0 Å². The van der Waals surface area contributed by atoms with Crippen molar-refractivity contribution in [2.75, 3.05) is 0 Å². The van der Waals surface area contributed by atoms with Gasteiger partial charge in [0.2, 0.25) is 0 Å². The van der Waals surface area contributed by atoms with Gasteiger partial charge < -0.3 is 5.11 Å². The predicted octanol–water partition coefficient (Wildman–Crippen LogP) is 1.02. The van der Waals surface area contributed by atoms with E-state index in [2.05, 4.69) is 0 Å². The van der Waals surface area contributed by atoms with Gasteiger partial charge >= 0.3 is 29.6 Å². The van der Waals surface area contributed by atoms with E-state index in [4.69, 9.17) is 5.11 Å². The number of phenols is 1. The standard InChI is InChI=1S/C6H4F2O.Na.H/c7-4-1-2-6(9)5(8)3-4;;/h1-3,9H;;. The number of hydrogen-bond donors (Lipinski definition) is 1. The number of benzene rings is 1. The Morgan fingerprint density at radius 3 is 2.20 bits per heavy atom. The van der Waals surface area contributed by atoms with Gasteiger partial charge in [0.15, 0.2) is 11.6 Å². The summed E-state index contributed by atoms with van der Waals surface area (Å²) in [6.07, 6.45) is 0. The molecule has 1 aromatic carbocycles. The number of aromatic hydroxyl groups is 1. The molecule has 50 valence electrons. The zero-order valence-electron chi connectivity index (χ0n) is 4.44. The van der Waals surface area contributed by atoms with Crippen LogP contribution in [0.1, 0.15) is 0 Å². The second-order valence-corrected chi connectivity index (χ2v) is 1.60. The Morgan fingerprint density at radius 1 is 1.20 bits per heavy atom. The molecule has 1 aromatic rings. The molecule has 0 spiro atoms. The van der Waals surface area contributed by atoms with Crippen LogP contribution in [0.2, 0.25) is 0 Å². The number of phenolic OH excluding ortho intramolecular Hbond substituents is 1. The minimum atomic E-state index is -0.935. The van der Waals surface area contributed by atoms with Crippen LogP contribution in [0.3, 0.4) is 0 Å². The van der Waals surface area contributed by atoms with Gasteiger partial charge in [0.05, 0.1) is 0 Å². The molecule has 0 amide bonds. The molecule has 0 atom stereocenters. The van der Waals surface area contributed by atoms with Crippen molar-refractivity contribution in [3.8, 4) is 5.75 Å². The van der Waals surface area contributed by atoms with E-state index < -0.39 is 17.4 Å². The third-order valence-electron chi connectivity index (χ3n) is 0.910. The van der Waals surface area contributed by atoms with Gasteiger partial charge in [-0.05, 0) is 12.1 Å². The molecule has 0 radical (unpaired) electrons. The van der Waals surface area contributed by atoms with E-state index in [9.17, 15) is 8.78 Å². The zero-order valence-corrected chi connectivity index (χ0v) is 4.44. The van der Waals surface area contributed by atoms with Crippen LogP contribution in [0.25, 0.3) is 0 Å². The van der Waals surface area contributed by atoms with Crippen molar-refractivity contribution in [1.29, 1.82) is 0 Å². The molecule has 1 N–H and O–H groups in total. The van der Waals surface area contributed by atoms with E-state index in [1.807, 2.05) is 0 Å². The van der Waals surface area contributed by atoms with Crippen molar-refractivity contribution >= 4 is 29.6 Å². The Kier molecular flexibility index (Phi) is 3.86. The summed E-state index contributed by atoms with van der Waals surface area (Å²) in [7, 11) is 0. The molecule has 0 heterocycles. The maximum absolute atomic E-state index is 12.1. The molecule has 1 nitrogen and oxygen atoms in total. The Labute approximate surface area is 79.0 Å². The quantitative estimate of drug-likeness (QED) is 0.553. The average Bonchev–Trinajstić information content (AvgIpc) is 1.80. The molecule has 0 saturated carbocycles. The van der Waals surface area contributed by atoms with Crippen molar-refractivity contribution in [2.45, 2.75) is 0 Å². The molecule has 0 aromatic heterocycles. The first-order chi connectivity index (χ1) is 4.20. The summed E-state index contributed by atoms with van der Waals surface area (Å²) >= 11 is 0. The first-order valence-corrected chi connectivity index (χ1v) is 2.34. The van der Waals surface area contributed by atoms with E-state index in [0.717, 1.165) is 12.1 Å². The molecule has 4 heteroatoms. The van der Waals surface area contributed by atoms with Crippen molar-refractivity contribution in [2.24, 2.45) is 0 Å². The molecule has 0 fully saturated rings. The molecule has 0 aliphatic rings. The van der Waals surface area contributed by atoms with Gasteiger partial charge in [0.25, 0.3) is 0 Å². The van der Waals surface area contributed by atoms with Crippen molar-refractivity contribution in [1.82, 2.24) is 0 Å². The monoisotopic (exact) mass is 154 g/mol. The topological polar surface area (TPSA) is 20.2 Å². The summed E-state index contributed by atoms with van der Waals surface area (Å²) < 4.78 is 24.1. The molecular formula is C6H5F2NaO. The molecule has 0 bridgehead atoms. The molecule has 0 aliphatic carbocycles. The molecule has 10 heavy (non-hydrogen) atoms. The Bertz CT molecular complexity index is 227. The number of halogens is 2. The van der Waals surface area contributed by atoms with Gasteiger partial charge in [-0.3, -0.25) is 0 Å². The number of rotatable bonds is 0. The molecule has 0 aliphatic heterocycles. The third-order valence-corrected chi connectivity index (χ3v) is 0.910. The summed E-state index contributed by atoms with van der Waals surface area (Å²) in [5.41, 5.74) is 0. The SMILES string of the molecule is Oc1ccc(F)cc1F.[NaH]. The first-order valence-electron chi connectivity index (χ1n) is 2.34. The molecular weight excluding hydrogens is 149 g/mol. The van der Waals surface area contributed by atoms with E-state index in [-0.39, 0.29) is 29.6 Å². The minimum absolute atomic E-state index is 0. The van der Waals surface area contributed by atoms with Crippen molar-refractivity contribution in [3.05, 3.63) is 29.8 Å². The normalized spacial score (nSPS) is 8.60. The Balaban J connectivity index is 0.000000810. The van der Waals surface area contributed by atoms with Gasteiger partial charge in [-0.15, -0.1) is 0 Å². The van der Waals surface area contributed by atoms with Crippen LogP contribution in [0.15, 0.2) is 18.2 Å². The summed E-state index contributed by atoms with van der Waals surface area (Å²) in [6.45, 7) is 0. The van der Waals surface area contributed by atoms with Crippen LogP contribution in [0.4, 0.5) is 8.78 Å². The second kappa shape index (κ2) is 3.91. The average molecular weight is 154 g/mol. The van der Waals surface area contributed by atoms with Crippen molar-refractivity contribution < 1.29 is 13.9 Å². The van der Waals surface area contributed by atoms with Crippen molar-refractivity contribution in [3.63, 3.8) is 0 Å². The summed E-state index contributed by atoms with van der Waals surface area (Å²) in [5.74, 6) is -2.16. The van der Waals surface area contributed by atoms with Crippen LogP contribution < -0.4 is 0 Å². The van der Waals surface area contributed by atoms with E-state index in [1.54, 1.807) is 0 Å². The van der Waals surface area contributed by atoms with Gasteiger partial charge in [0.1, 0.15) is 5.82 Å². The zero-order chi connectivity index (χ0) is 6.85. The second-order valence-electron chi connectivity index (χ2n) is 1.60. The third kappa shape index (κ3) is 2.25. The summed E-state index contributed by atoms with van der Waals surface area (Å²) in [6, 6.07) is 2.57. The van der Waals surface area contributed by atoms with E-state index in [0.29, 0.717) is 6.07 Å². The fraction of sp³-hybridized carbons (Fsp3) is 0. The van der Waals surface area contributed by atoms with Gasteiger partial charge in [-0.1, -0.05) is 0 Å². The van der Waals surface area contributed by atoms with Gasteiger partial charge in [0, 0.05) is 6.07 Å². The molecule has 0 saturated heterocycles. The van der Waals surface area contributed by atoms with Gasteiger partial charge in [-0.25, -0.2) is 8.78 Å². The van der Waals surface area contributed by atoms with Crippen LogP contribution in [-0.4, -0.2) is 34.7 Å². The fourth-order valence-electron chi connectivity index (χ4n) is 0.481. The Morgan fingerprint density at radius 2 is 1.80 bits per heavy atom. The van der Waals surface area contributed by atoms with E-state index in [1.165, 1.54) is 0 Å². The summed E-state index contributed by atoms with van der Waals surface area (Å²) in [5, 5.41) is 8.50.